The Morgan fingerprint density at radius 3 is 2.38 bits per heavy atom. The van der Waals surface area contributed by atoms with Crippen LogP contribution in [0.3, 0.4) is 0 Å². The number of aromatic nitrogens is 1. The van der Waals surface area contributed by atoms with E-state index in [2.05, 4.69) is 20.9 Å². The summed E-state index contributed by atoms with van der Waals surface area (Å²) < 4.78 is 0. The predicted octanol–water partition coefficient (Wildman–Crippen LogP) is 4.18. The van der Waals surface area contributed by atoms with E-state index in [1.165, 1.54) is 4.90 Å². The third kappa shape index (κ3) is 7.52. The van der Waals surface area contributed by atoms with Crippen molar-refractivity contribution >= 4 is 40.3 Å². The molecule has 0 radical (unpaired) electrons. The van der Waals surface area contributed by atoms with E-state index in [-0.39, 0.29) is 25.3 Å². The summed E-state index contributed by atoms with van der Waals surface area (Å²) >= 11 is 0. The average molecular weight is 609 g/mol. The number of amides is 5. The fourth-order valence-corrected chi connectivity index (χ4v) is 5.89. The van der Waals surface area contributed by atoms with E-state index in [1.807, 2.05) is 93.6 Å². The molecular formula is C35H40N6O4. The first-order valence-corrected chi connectivity index (χ1v) is 15.3. The molecule has 2 heterocycles. The number of para-hydroxylation sites is 1. The molecule has 5 rings (SSSR count). The van der Waals surface area contributed by atoms with Crippen molar-refractivity contribution in [2.75, 3.05) is 5.32 Å². The number of fused-ring (bicyclic) bond motifs is 3. The Kier molecular flexibility index (Phi) is 9.51. The summed E-state index contributed by atoms with van der Waals surface area (Å²) in [7, 11) is 0. The fourth-order valence-electron chi connectivity index (χ4n) is 5.89. The first kappa shape index (κ1) is 31.3. The van der Waals surface area contributed by atoms with Crippen LogP contribution in [0.1, 0.15) is 42.7 Å². The zero-order valence-corrected chi connectivity index (χ0v) is 25.8. The molecule has 10 heteroatoms. The van der Waals surface area contributed by atoms with Crippen molar-refractivity contribution in [1.82, 2.24) is 20.5 Å². The molecule has 0 fully saturated rings. The van der Waals surface area contributed by atoms with Gasteiger partial charge in [0, 0.05) is 35.1 Å². The molecule has 3 aromatic carbocycles. The minimum Gasteiger partial charge on any atom is -0.368 e. The molecule has 3 atom stereocenters. The highest BCUT2D eigenvalue weighted by atomic mass is 16.2. The molecule has 6 N–H and O–H groups in total. The zero-order chi connectivity index (χ0) is 32.1. The zero-order valence-electron chi connectivity index (χ0n) is 25.8. The van der Waals surface area contributed by atoms with Gasteiger partial charge in [0.15, 0.2) is 0 Å². The number of carbonyl (C=O) groups excluding carboxylic acids is 4. The van der Waals surface area contributed by atoms with Crippen LogP contribution in [-0.4, -0.2) is 51.8 Å². The molecule has 1 aromatic heterocycles. The highest BCUT2D eigenvalue weighted by molar-refractivity contribution is 5.97. The first-order valence-electron chi connectivity index (χ1n) is 15.3. The minimum absolute atomic E-state index is 0.0505. The largest absolute Gasteiger partial charge is 0.368 e. The molecule has 0 bridgehead atoms. The lowest BCUT2D eigenvalue weighted by Crippen LogP contribution is -2.59. The quantitative estimate of drug-likeness (QED) is 0.184. The molecular weight excluding hydrogens is 568 g/mol. The van der Waals surface area contributed by atoms with Crippen molar-refractivity contribution in [3.05, 3.63) is 101 Å². The molecule has 0 aliphatic carbocycles. The van der Waals surface area contributed by atoms with Gasteiger partial charge in [0.05, 0.1) is 6.54 Å². The first-order chi connectivity index (χ1) is 21.6. The van der Waals surface area contributed by atoms with E-state index >= 15 is 0 Å². The maximum atomic E-state index is 14.1. The van der Waals surface area contributed by atoms with Gasteiger partial charge in [-0.25, -0.2) is 4.79 Å². The van der Waals surface area contributed by atoms with Crippen molar-refractivity contribution in [2.45, 2.75) is 64.7 Å². The van der Waals surface area contributed by atoms with Gasteiger partial charge >= 0.3 is 6.03 Å². The van der Waals surface area contributed by atoms with E-state index in [0.717, 1.165) is 33.3 Å². The summed E-state index contributed by atoms with van der Waals surface area (Å²) in [6, 6.07) is 21.3. The van der Waals surface area contributed by atoms with Crippen LogP contribution in [0.15, 0.2) is 78.9 Å². The second-order valence-corrected chi connectivity index (χ2v) is 12.1. The van der Waals surface area contributed by atoms with Crippen molar-refractivity contribution < 1.29 is 19.2 Å². The van der Waals surface area contributed by atoms with Crippen LogP contribution in [0, 0.1) is 12.8 Å². The summed E-state index contributed by atoms with van der Waals surface area (Å²) in [6.07, 6.45) is 0.818. The molecule has 1 aliphatic heterocycles. The van der Waals surface area contributed by atoms with Gasteiger partial charge in [-0.3, -0.25) is 14.4 Å². The summed E-state index contributed by atoms with van der Waals surface area (Å²) in [5, 5.41) is 9.61. The van der Waals surface area contributed by atoms with E-state index < -0.39 is 41.9 Å². The number of H-pyrrole nitrogens is 1. The number of aryl methyl sites for hydroxylation is 1. The number of benzene rings is 3. The van der Waals surface area contributed by atoms with Crippen LogP contribution in [0.2, 0.25) is 0 Å². The monoisotopic (exact) mass is 608 g/mol. The van der Waals surface area contributed by atoms with E-state index in [4.69, 9.17) is 5.73 Å². The topological polar surface area (TPSA) is 149 Å². The number of primary amides is 1. The van der Waals surface area contributed by atoms with Gasteiger partial charge in [0.25, 0.3) is 0 Å². The van der Waals surface area contributed by atoms with Crippen molar-refractivity contribution in [3.8, 4) is 0 Å². The minimum atomic E-state index is -0.952. The summed E-state index contributed by atoms with van der Waals surface area (Å²) in [5.41, 5.74) is 10.9. The lowest BCUT2D eigenvalue weighted by Gasteiger charge is -2.36. The average Bonchev–Trinajstić information content (AvgIpc) is 3.37. The van der Waals surface area contributed by atoms with Gasteiger partial charge in [-0.05, 0) is 54.2 Å². The summed E-state index contributed by atoms with van der Waals surface area (Å²) in [4.78, 5) is 58.6. The van der Waals surface area contributed by atoms with E-state index in [1.54, 1.807) is 6.07 Å². The molecule has 1 aliphatic rings. The van der Waals surface area contributed by atoms with Crippen LogP contribution in [0.4, 0.5) is 10.5 Å². The summed E-state index contributed by atoms with van der Waals surface area (Å²) in [5.74, 6) is -1.57. The number of nitrogens with zero attached hydrogens (tertiary/aromatic N) is 1. The SMILES string of the molecule is Cc1cccc(NC(=O)N2Cc3[nH]c4ccccc4c3C[C@@H]2C(=O)N[C@@H](CC(C)C)C(=O)N[C@@H](Cc2ccccc2)C(N)=O)c1. The number of anilines is 1. The Morgan fingerprint density at radius 2 is 1.67 bits per heavy atom. The molecule has 0 spiro atoms. The Balaban J connectivity index is 1.39. The Morgan fingerprint density at radius 1 is 0.933 bits per heavy atom. The number of urea groups is 1. The number of rotatable bonds is 10. The predicted molar refractivity (Wildman–Crippen MR) is 174 cm³/mol. The number of aromatic amines is 1. The Labute approximate surface area is 262 Å². The fraction of sp³-hybridized carbons (Fsp3) is 0.314. The molecule has 0 saturated carbocycles. The third-order valence-corrected chi connectivity index (χ3v) is 8.12. The normalized spacial score (nSPS) is 15.6. The van der Waals surface area contributed by atoms with Crippen LogP contribution >= 0.6 is 0 Å². The van der Waals surface area contributed by atoms with Crippen molar-refractivity contribution in [2.24, 2.45) is 11.7 Å². The molecule has 0 unspecified atom stereocenters. The lowest BCUT2D eigenvalue weighted by atomic mass is 9.95. The highest BCUT2D eigenvalue weighted by Gasteiger charge is 2.38. The number of nitrogens with one attached hydrogen (secondary N) is 4. The second kappa shape index (κ2) is 13.7. The molecule has 234 valence electrons. The maximum Gasteiger partial charge on any atom is 0.322 e. The standard InChI is InChI=1S/C35H40N6O4/c1-21(2)16-29(33(43)39-28(32(36)42)18-23-11-5-4-6-12-23)40-34(44)31-19-26-25-14-7-8-15-27(25)38-30(26)20-41(31)35(45)37-24-13-9-10-22(3)17-24/h4-15,17,21,28-29,31,38H,16,18-20H2,1-3H3,(H2,36,42)(H,37,45)(H,39,43)(H,40,44)/t28-,29-,31+/m0/s1. The molecule has 5 amide bonds. The second-order valence-electron chi connectivity index (χ2n) is 12.1. The van der Waals surface area contributed by atoms with Gasteiger partial charge in [-0.15, -0.1) is 0 Å². The maximum absolute atomic E-state index is 14.1. The van der Waals surface area contributed by atoms with Crippen molar-refractivity contribution in [1.29, 1.82) is 0 Å². The molecule has 4 aromatic rings. The lowest BCUT2D eigenvalue weighted by molar-refractivity contribution is -0.133. The number of hydrogen-bond acceptors (Lipinski definition) is 4. The summed E-state index contributed by atoms with van der Waals surface area (Å²) in [6.45, 7) is 6.01. The van der Waals surface area contributed by atoms with Gasteiger partial charge in [0.1, 0.15) is 18.1 Å². The van der Waals surface area contributed by atoms with Crippen LogP contribution in [0.25, 0.3) is 10.9 Å². The van der Waals surface area contributed by atoms with Crippen LogP contribution < -0.4 is 21.7 Å². The number of carbonyl (C=O) groups is 4. The van der Waals surface area contributed by atoms with E-state index in [0.29, 0.717) is 12.1 Å². The number of hydrogen-bond donors (Lipinski definition) is 5. The third-order valence-electron chi connectivity index (χ3n) is 8.12. The Bertz CT molecular complexity index is 1700. The van der Waals surface area contributed by atoms with Gasteiger partial charge in [-0.1, -0.05) is 74.5 Å². The van der Waals surface area contributed by atoms with Crippen LogP contribution in [0.5, 0.6) is 0 Å². The van der Waals surface area contributed by atoms with E-state index in [9.17, 15) is 19.2 Å². The van der Waals surface area contributed by atoms with Crippen molar-refractivity contribution in [3.63, 3.8) is 0 Å². The smallest absolute Gasteiger partial charge is 0.322 e. The molecule has 45 heavy (non-hydrogen) atoms. The van der Waals surface area contributed by atoms with Gasteiger partial charge < -0.3 is 31.6 Å². The highest BCUT2D eigenvalue weighted by Crippen LogP contribution is 2.31. The number of nitrogens with two attached hydrogens (primary N) is 1. The molecule has 0 saturated heterocycles. The van der Waals surface area contributed by atoms with Crippen LogP contribution in [-0.2, 0) is 33.8 Å². The molecule has 10 nitrogen and oxygen atoms in total. The Hall–Kier alpha value is -5.12. The van der Waals surface area contributed by atoms with Gasteiger partial charge in [-0.2, -0.15) is 0 Å². The van der Waals surface area contributed by atoms with Gasteiger partial charge in [0.2, 0.25) is 17.7 Å².